The van der Waals surface area contributed by atoms with Crippen molar-refractivity contribution in [2.24, 2.45) is 0 Å². The highest BCUT2D eigenvalue weighted by molar-refractivity contribution is 9.10. The largest absolute Gasteiger partial charge is 0.492 e. The number of halogens is 2. The molecule has 0 saturated carbocycles. The van der Waals surface area contributed by atoms with Gasteiger partial charge in [-0.1, -0.05) is 52.9 Å². The first-order valence-electron chi connectivity index (χ1n) is 7.95. The van der Waals surface area contributed by atoms with Gasteiger partial charge in [-0.2, -0.15) is 0 Å². The Morgan fingerprint density at radius 1 is 1.19 bits per heavy atom. The lowest BCUT2D eigenvalue weighted by Gasteiger charge is -2.14. The van der Waals surface area contributed by atoms with Crippen molar-refractivity contribution < 1.29 is 9.53 Å². The molecule has 0 atom stereocenters. The third-order valence-corrected chi connectivity index (χ3v) is 6.04. The minimum Gasteiger partial charge on any atom is -0.492 e. The number of rotatable bonds is 5. The zero-order chi connectivity index (χ0) is 18.7. The van der Waals surface area contributed by atoms with E-state index in [0.29, 0.717) is 15.8 Å². The Bertz CT molecular complexity index is 882. The maximum Gasteiger partial charge on any atom is 0.270 e. The van der Waals surface area contributed by atoms with E-state index in [2.05, 4.69) is 38.8 Å². The first-order valence-corrected chi connectivity index (χ1v) is 10.8. The van der Waals surface area contributed by atoms with E-state index in [4.69, 9.17) is 17.0 Å². The lowest BCUT2D eigenvalue weighted by atomic mass is 10.2. The van der Waals surface area contributed by atoms with E-state index >= 15 is 0 Å². The number of carbonyl (C=O) groups excluding carboxylic acids is 1. The van der Waals surface area contributed by atoms with E-state index in [-0.39, 0.29) is 5.91 Å². The van der Waals surface area contributed by atoms with Crippen LogP contribution in [0.3, 0.4) is 0 Å². The van der Waals surface area contributed by atoms with Gasteiger partial charge in [0.05, 0.1) is 21.7 Å². The van der Waals surface area contributed by atoms with Crippen LogP contribution in [-0.2, 0) is 4.79 Å². The molecule has 2 aromatic rings. The molecule has 1 aliphatic rings. The van der Waals surface area contributed by atoms with Crippen molar-refractivity contribution in [1.29, 1.82) is 0 Å². The predicted molar refractivity (Wildman–Crippen MR) is 120 cm³/mol. The van der Waals surface area contributed by atoms with Crippen molar-refractivity contribution in [2.45, 2.75) is 13.3 Å². The molecule has 1 amide bonds. The summed E-state index contributed by atoms with van der Waals surface area (Å²) in [5.41, 5.74) is 1.68. The van der Waals surface area contributed by atoms with E-state index in [0.717, 1.165) is 32.4 Å². The van der Waals surface area contributed by atoms with E-state index < -0.39 is 0 Å². The van der Waals surface area contributed by atoms with Gasteiger partial charge < -0.3 is 4.74 Å². The summed E-state index contributed by atoms with van der Waals surface area (Å²) in [7, 11) is 0. The second-order valence-electron chi connectivity index (χ2n) is 5.53. The van der Waals surface area contributed by atoms with Crippen molar-refractivity contribution in [3.63, 3.8) is 0 Å². The van der Waals surface area contributed by atoms with Crippen molar-refractivity contribution >= 4 is 77.8 Å². The summed E-state index contributed by atoms with van der Waals surface area (Å²) in [5.74, 6) is 0.691. The predicted octanol–water partition coefficient (Wildman–Crippen LogP) is 6.41. The van der Waals surface area contributed by atoms with Crippen LogP contribution in [0, 0.1) is 0 Å². The number of hydrogen-bond donors (Lipinski definition) is 0. The first-order chi connectivity index (χ1) is 12.5. The lowest BCUT2D eigenvalue weighted by molar-refractivity contribution is -0.113. The maximum absolute atomic E-state index is 12.8. The molecular weight excluding hydrogens is 498 g/mol. The van der Waals surface area contributed by atoms with E-state index in [1.54, 1.807) is 4.90 Å². The second-order valence-corrected chi connectivity index (χ2v) is 8.98. The molecule has 0 aromatic heterocycles. The number of benzene rings is 2. The van der Waals surface area contributed by atoms with Gasteiger partial charge in [0.1, 0.15) is 5.75 Å². The fraction of sp³-hybridized carbons (Fsp3) is 0.158. The Morgan fingerprint density at radius 2 is 1.92 bits per heavy atom. The quantitative estimate of drug-likeness (QED) is 0.342. The summed E-state index contributed by atoms with van der Waals surface area (Å²) in [5, 5.41) is 0. The summed E-state index contributed by atoms with van der Waals surface area (Å²) < 4.78 is 8.01. The monoisotopic (exact) mass is 511 g/mol. The minimum absolute atomic E-state index is 0.107. The van der Waals surface area contributed by atoms with Gasteiger partial charge in [0.25, 0.3) is 5.91 Å². The van der Waals surface area contributed by atoms with Gasteiger partial charge in [-0.15, -0.1) is 0 Å². The summed E-state index contributed by atoms with van der Waals surface area (Å²) in [6.45, 7) is 2.74. The van der Waals surface area contributed by atoms with Crippen molar-refractivity contribution in [1.82, 2.24) is 0 Å². The van der Waals surface area contributed by atoms with Gasteiger partial charge in [0.15, 0.2) is 4.32 Å². The Hall–Kier alpha value is -1.15. The van der Waals surface area contributed by atoms with Gasteiger partial charge >= 0.3 is 0 Å². The molecule has 7 heteroatoms. The molecule has 1 saturated heterocycles. The topological polar surface area (TPSA) is 29.5 Å². The summed E-state index contributed by atoms with van der Waals surface area (Å²) in [6.07, 6.45) is 2.80. The average molecular weight is 513 g/mol. The van der Waals surface area contributed by atoms with Crippen LogP contribution < -0.4 is 9.64 Å². The summed E-state index contributed by atoms with van der Waals surface area (Å²) >= 11 is 13.6. The van der Waals surface area contributed by atoms with Crippen molar-refractivity contribution in [2.75, 3.05) is 11.5 Å². The van der Waals surface area contributed by atoms with Crippen LogP contribution in [0.5, 0.6) is 5.75 Å². The Kier molecular flexibility index (Phi) is 6.55. The molecule has 3 nitrogen and oxygen atoms in total. The zero-order valence-corrected chi connectivity index (χ0v) is 18.7. The fourth-order valence-corrected chi connectivity index (χ4v) is 4.44. The molecule has 0 radical (unpaired) electrons. The van der Waals surface area contributed by atoms with Crippen LogP contribution in [0.4, 0.5) is 5.69 Å². The van der Waals surface area contributed by atoms with E-state index in [1.165, 1.54) is 11.8 Å². The van der Waals surface area contributed by atoms with E-state index in [1.807, 2.05) is 48.5 Å². The molecule has 0 unspecified atom stereocenters. The molecule has 2 aromatic carbocycles. The molecular formula is C19H15Br2NO2S2. The fourth-order valence-electron chi connectivity index (χ4n) is 2.37. The summed E-state index contributed by atoms with van der Waals surface area (Å²) in [6, 6.07) is 13.3. The normalized spacial score (nSPS) is 15.8. The van der Waals surface area contributed by atoms with Crippen molar-refractivity contribution in [3.8, 4) is 5.75 Å². The average Bonchev–Trinajstić information content (AvgIpc) is 2.89. The van der Waals surface area contributed by atoms with E-state index in [9.17, 15) is 4.79 Å². The molecule has 1 heterocycles. The number of ether oxygens (including phenoxy) is 1. The number of thioether (sulfide) groups is 1. The molecule has 3 rings (SSSR count). The molecule has 0 N–H and O–H groups in total. The summed E-state index contributed by atoms with van der Waals surface area (Å²) in [4.78, 5) is 15.0. The molecule has 1 aliphatic heterocycles. The lowest BCUT2D eigenvalue weighted by Crippen LogP contribution is -2.27. The number of thiocarbonyl (C=S) groups is 1. The van der Waals surface area contributed by atoms with Crippen LogP contribution in [0.25, 0.3) is 6.08 Å². The van der Waals surface area contributed by atoms with Gasteiger partial charge in [0.2, 0.25) is 0 Å². The first kappa shape index (κ1) is 19.6. The van der Waals surface area contributed by atoms with Crippen LogP contribution in [0.1, 0.15) is 18.9 Å². The number of hydrogen-bond acceptors (Lipinski definition) is 4. The Labute approximate surface area is 179 Å². The Balaban J connectivity index is 1.83. The van der Waals surface area contributed by atoms with Crippen molar-refractivity contribution in [3.05, 3.63) is 61.9 Å². The smallest absolute Gasteiger partial charge is 0.270 e. The number of anilines is 1. The number of amides is 1. The maximum atomic E-state index is 12.8. The van der Waals surface area contributed by atoms with Crippen LogP contribution >= 0.6 is 55.8 Å². The number of carbonyl (C=O) groups is 1. The highest BCUT2D eigenvalue weighted by atomic mass is 79.9. The van der Waals surface area contributed by atoms with Gasteiger partial charge in [0, 0.05) is 4.47 Å². The molecule has 0 aliphatic carbocycles. The van der Waals surface area contributed by atoms with Gasteiger partial charge in [-0.25, -0.2) is 0 Å². The third-order valence-electron chi connectivity index (χ3n) is 3.59. The minimum atomic E-state index is -0.107. The zero-order valence-electron chi connectivity index (χ0n) is 13.9. The highest BCUT2D eigenvalue weighted by Crippen LogP contribution is 2.37. The second kappa shape index (κ2) is 8.69. The van der Waals surface area contributed by atoms with Gasteiger partial charge in [-0.05, 0) is 70.4 Å². The number of nitrogens with zero attached hydrogens (tertiary/aromatic N) is 1. The van der Waals surface area contributed by atoms with Gasteiger partial charge in [-0.3, -0.25) is 9.69 Å². The molecule has 0 bridgehead atoms. The Morgan fingerprint density at radius 3 is 2.58 bits per heavy atom. The highest BCUT2D eigenvalue weighted by Gasteiger charge is 2.33. The van der Waals surface area contributed by atoms with Crippen LogP contribution in [-0.4, -0.2) is 16.8 Å². The standard InChI is InChI=1S/C19H15Br2NO2S2/c1-2-9-24-16-8-3-12(10-15(16)21)11-17-18(23)22(19(25)26-17)14-6-4-13(20)5-7-14/h3-8,10-11H,2,9H2,1H3/b17-11-. The SMILES string of the molecule is CCCOc1ccc(/C=C2\SC(=S)N(c3ccc(Br)cc3)C2=O)cc1Br. The molecule has 26 heavy (non-hydrogen) atoms. The molecule has 1 fully saturated rings. The third kappa shape index (κ3) is 4.39. The molecule has 134 valence electrons. The molecule has 0 spiro atoms. The van der Waals surface area contributed by atoms with Crippen LogP contribution in [0.2, 0.25) is 0 Å². The van der Waals surface area contributed by atoms with Crippen LogP contribution in [0.15, 0.2) is 56.3 Å².